The Morgan fingerprint density at radius 2 is 2.19 bits per heavy atom. The summed E-state index contributed by atoms with van der Waals surface area (Å²) in [5.41, 5.74) is 0.300. The van der Waals surface area contributed by atoms with E-state index in [0.29, 0.717) is 15.4 Å². The molecule has 0 aliphatic heterocycles. The molecule has 0 atom stereocenters. The first-order chi connectivity index (χ1) is 7.45. The first-order valence-corrected chi connectivity index (χ1v) is 6.11. The van der Waals surface area contributed by atoms with Crippen LogP contribution in [-0.4, -0.2) is 16.1 Å². The molecule has 0 radical (unpaired) electrons. The van der Waals surface area contributed by atoms with Gasteiger partial charge in [0.2, 0.25) is 0 Å². The lowest BCUT2D eigenvalue weighted by Crippen LogP contribution is -2.08. The molecular formula is C9H7Br2F2NO2. The number of nitrogens with zero attached hydrogens (tertiary/aromatic N) is 1. The molecule has 0 aliphatic rings. The topological polar surface area (TPSA) is 50.2 Å². The summed E-state index contributed by atoms with van der Waals surface area (Å²) in [6, 6.07) is 1.20. The number of carboxylic acid groups (broad SMARTS) is 1. The number of hydrogen-bond donors (Lipinski definition) is 1. The normalized spacial score (nSPS) is 10.8. The molecule has 0 saturated carbocycles. The zero-order valence-corrected chi connectivity index (χ0v) is 11.1. The molecule has 0 spiro atoms. The van der Waals surface area contributed by atoms with Crippen LogP contribution in [0.15, 0.2) is 10.5 Å². The first-order valence-electron chi connectivity index (χ1n) is 4.19. The Morgan fingerprint density at radius 3 is 2.62 bits per heavy atom. The van der Waals surface area contributed by atoms with E-state index in [4.69, 9.17) is 5.11 Å². The summed E-state index contributed by atoms with van der Waals surface area (Å²) in [6.45, 7) is 0. The molecule has 1 heterocycles. The van der Waals surface area contributed by atoms with E-state index in [2.05, 4.69) is 36.8 Å². The number of alkyl halides is 3. The fourth-order valence-electron chi connectivity index (χ4n) is 1.15. The van der Waals surface area contributed by atoms with E-state index in [0.717, 1.165) is 0 Å². The summed E-state index contributed by atoms with van der Waals surface area (Å²) in [7, 11) is 0. The Morgan fingerprint density at radius 1 is 1.56 bits per heavy atom. The van der Waals surface area contributed by atoms with Gasteiger partial charge in [0, 0.05) is 9.80 Å². The molecule has 1 aromatic heterocycles. The number of hydrogen-bond acceptors (Lipinski definition) is 2. The lowest BCUT2D eigenvalue weighted by molar-refractivity contribution is -0.136. The quantitative estimate of drug-likeness (QED) is 0.840. The monoisotopic (exact) mass is 357 g/mol. The van der Waals surface area contributed by atoms with Crippen LogP contribution in [0, 0.1) is 0 Å². The van der Waals surface area contributed by atoms with Gasteiger partial charge in [-0.1, -0.05) is 31.9 Å². The molecular weight excluding hydrogens is 352 g/mol. The second-order valence-corrected chi connectivity index (χ2v) is 4.37. The van der Waals surface area contributed by atoms with Crippen molar-refractivity contribution in [2.45, 2.75) is 18.2 Å². The Kier molecular flexibility index (Phi) is 4.79. The van der Waals surface area contributed by atoms with Crippen LogP contribution >= 0.6 is 31.9 Å². The van der Waals surface area contributed by atoms with Gasteiger partial charge < -0.3 is 5.11 Å². The van der Waals surface area contributed by atoms with Gasteiger partial charge in [-0.2, -0.15) is 0 Å². The van der Waals surface area contributed by atoms with Crippen molar-refractivity contribution in [3.8, 4) is 0 Å². The average molecular weight is 359 g/mol. The zero-order chi connectivity index (χ0) is 12.3. The van der Waals surface area contributed by atoms with Gasteiger partial charge in [0.15, 0.2) is 0 Å². The van der Waals surface area contributed by atoms with Crippen LogP contribution in [-0.2, 0) is 16.5 Å². The van der Waals surface area contributed by atoms with E-state index >= 15 is 0 Å². The summed E-state index contributed by atoms with van der Waals surface area (Å²) in [6.07, 6.45) is -3.09. The Labute approximate surface area is 107 Å². The summed E-state index contributed by atoms with van der Waals surface area (Å²) in [5, 5.41) is 9.00. The van der Waals surface area contributed by atoms with Crippen LogP contribution in [0.3, 0.4) is 0 Å². The minimum Gasteiger partial charge on any atom is -0.481 e. The maximum Gasteiger partial charge on any atom is 0.309 e. The second-order valence-electron chi connectivity index (χ2n) is 2.96. The van der Waals surface area contributed by atoms with Crippen LogP contribution in [0.1, 0.15) is 23.4 Å². The van der Waals surface area contributed by atoms with Crippen molar-refractivity contribution in [2.24, 2.45) is 0 Å². The van der Waals surface area contributed by atoms with Gasteiger partial charge in [-0.25, -0.2) is 8.78 Å². The molecule has 0 saturated heterocycles. The zero-order valence-electron chi connectivity index (χ0n) is 7.88. The average Bonchev–Trinajstić information content (AvgIpc) is 2.16. The number of carbonyl (C=O) groups is 1. The second kappa shape index (κ2) is 5.67. The maximum absolute atomic E-state index is 12.5. The van der Waals surface area contributed by atoms with Crippen LogP contribution in [0.25, 0.3) is 0 Å². The predicted molar refractivity (Wildman–Crippen MR) is 60.9 cm³/mol. The number of pyridine rings is 1. The van der Waals surface area contributed by atoms with Crippen molar-refractivity contribution >= 4 is 37.8 Å². The molecule has 0 aliphatic carbocycles. The molecule has 0 fully saturated rings. The lowest BCUT2D eigenvalue weighted by Gasteiger charge is -2.09. The van der Waals surface area contributed by atoms with E-state index < -0.39 is 18.1 Å². The SMILES string of the molecule is O=C(O)Cc1nc(C(F)F)cc(Br)c1CBr. The van der Waals surface area contributed by atoms with Gasteiger partial charge in [0.25, 0.3) is 6.43 Å². The van der Waals surface area contributed by atoms with E-state index in [1.54, 1.807) is 0 Å². The fraction of sp³-hybridized carbons (Fsp3) is 0.333. The van der Waals surface area contributed by atoms with Crippen molar-refractivity contribution in [3.05, 3.63) is 27.5 Å². The number of rotatable bonds is 4. The van der Waals surface area contributed by atoms with Crippen molar-refractivity contribution in [2.75, 3.05) is 0 Å². The number of halogens is 4. The lowest BCUT2D eigenvalue weighted by atomic mass is 10.1. The molecule has 0 unspecified atom stereocenters. The van der Waals surface area contributed by atoms with Gasteiger partial charge in [0.1, 0.15) is 5.69 Å². The highest BCUT2D eigenvalue weighted by Gasteiger charge is 2.17. The number of aromatic nitrogens is 1. The van der Waals surface area contributed by atoms with Gasteiger partial charge in [-0.05, 0) is 11.6 Å². The maximum atomic E-state index is 12.5. The minimum absolute atomic E-state index is 0.147. The summed E-state index contributed by atoms with van der Waals surface area (Å²) < 4.78 is 25.4. The molecule has 3 nitrogen and oxygen atoms in total. The highest BCUT2D eigenvalue weighted by molar-refractivity contribution is 9.10. The third-order valence-corrected chi connectivity index (χ3v) is 3.12. The van der Waals surface area contributed by atoms with Gasteiger partial charge >= 0.3 is 5.97 Å². The minimum atomic E-state index is -2.71. The largest absolute Gasteiger partial charge is 0.481 e. The van der Waals surface area contributed by atoms with Crippen molar-refractivity contribution in [1.82, 2.24) is 4.98 Å². The molecule has 0 bridgehead atoms. The molecule has 1 rings (SSSR count). The molecule has 88 valence electrons. The van der Waals surface area contributed by atoms with E-state index in [9.17, 15) is 13.6 Å². The van der Waals surface area contributed by atoms with Crippen molar-refractivity contribution < 1.29 is 18.7 Å². The Hall–Kier alpha value is -0.560. The van der Waals surface area contributed by atoms with Crippen LogP contribution in [0.5, 0.6) is 0 Å². The first kappa shape index (κ1) is 13.5. The van der Waals surface area contributed by atoms with E-state index in [-0.39, 0.29) is 12.1 Å². The van der Waals surface area contributed by atoms with Gasteiger partial charge in [-0.15, -0.1) is 0 Å². The third kappa shape index (κ3) is 3.21. The summed E-state index contributed by atoms with van der Waals surface area (Å²) >= 11 is 6.28. The highest BCUT2D eigenvalue weighted by atomic mass is 79.9. The van der Waals surface area contributed by atoms with E-state index in [1.807, 2.05) is 0 Å². The summed E-state index contributed by atoms with van der Waals surface area (Å²) in [4.78, 5) is 14.2. The smallest absolute Gasteiger partial charge is 0.309 e. The molecule has 1 N–H and O–H groups in total. The molecule has 1 aromatic rings. The number of carboxylic acids is 1. The van der Waals surface area contributed by atoms with Gasteiger partial charge in [-0.3, -0.25) is 9.78 Å². The van der Waals surface area contributed by atoms with Crippen LogP contribution in [0.2, 0.25) is 0 Å². The van der Waals surface area contributed by atoms with Crippen molar-refractivity contribution in [3.63, 3.8) is 0 Å². The Balaban J connectivity index is 3.24. The predicted octanol–water partition coefficient (Wildman–Crippen LogP) is 3.30. The molecule has 0 aromatic carbocycles. The molecule has 7 heteroatoms. The van der Waals surface area contributed by atoms with Crippen molar-refractivity contribution in [1.29, 1.82) is 0 Å². The standard InChI is InChI=1S/C9H7Br2F2NO2/c10-3-4-5(11)1-7(9(12)13)14-6(4)2-8(15)16/h1,9H,2-3H2,(H,15,16). The van der Waals surface area contributed by atoms with Crippen LogP contribution in [0.4, 0.5) is 8.78 Å². The van der Waals surface area contributed by atoms with E-state index in [1.165, 1.54) is 6.07 Å². The fourth-order valence-corrected chi connectivity index (χ4v) is 2.76. The summed E-state index contributed by atoms with van der Waals surface area (Å²) in [5.74, 6) is -1.10. The number of aliphatic carboxylic acids is 1. The molecule has 16 heavy (non-hydrogen) atoms. The highest BCUT2D eigenvalue weighted by Crippen LogP contribution is 2.27. The van der Waals surface area contributed by atoms with Gasteiger partial charge in [0.05, 0.1) is 12.1 Å². The molecule has 0 amide bonds. The third-order valence-electron chi connectivity index (χ3n) is 1.85. The Bertz CT molecular complexity index is 413. The van der Waals surface area contributed by atoms with Crippen LogP contribution < -0.4 is 0 Å².